The van der Waals surface area contributed by atoms with Gasteiger partial charge < -0.3 is 14.7 Å². The van der Waals surface area contributed by atoms with Gasteiger partial charge in [0, 0.05) is 42.6 Å². The first kappa shape index (κ1) is 16.5. The van der Waals surface area contributed by atoms with Crippen LogP contribution in [-0.4, -0.2) is 39.1 Å². The van der Waals surface area contributed by atoms with Gasteiger partial charge in [-0.2, -0.15) is 4.98 Å². The zero-order valence-electron chi connectivity index (χ0n) is 13.8. The quantitative estimate of drug-likeness (QED) is 0.763. The molecule has 0 bridgehead atoms. The number of carbonyl (C=O) groups is 1. The minimum absolute atomic E-state index is 0.0689. The molecule has 1 N–H and O–H groups in total. The van der Waals surface area contributed by atoms with Gasteiger partial charge in [0.1, 0.15) is 0 Å². The lowest BCUT2D eigenvalue weighted by Gasteiger charge is -2.36. The fraction of sp³-hybridized carbons (Fsp3) is 0.222. The van der Waals surface area contributed by atoms with E-state index < -0.39 is 0 Å². The zero-order chi connectivity index (χ0) is 17.9. The van der Waals surface area contributed by atoms with Crippen LogP contribution in [0.1, 0.15) is 17.4 Å². The number of carbonyl (C=O) groups excluding carboxylic acids is 1. The van der Waals surface area contributed by atoms with Crippen LogP contribution < -0.4 is 5.32 Å². The molecular weight excluding hydrogens is 354 g/mol. The third kappa shape index (κ3) is 3.52. The summed E-state index contributed by atoms with van der Waals surface area (Å²) in [5.74, 6) is 1.16. The molecule has 0 radical (unpaired) electrons. The number of aromatic nitrogens is 3. The van der Waals surface area contributed by atoms with Gasteiger partial charge in [0.15, 0.2) is 0 Å². The number of halogens is 1. The largest absolute Gasteiger partial charge is 0.339 e. The Hall–Kier alpha value is -2.93. The number of likely N-dealkylation sites (tertiary alicyclic amines) is 1. The molecule has 3 heterocycles. The Bertz CT molecular complexity index is 891. The maximum atomic E-state index is 12.2. The van der Waals surface area contributed by atoms with Crippen LogP contribution in [0.25, 0.3) is 11.4 Å². The number of rotatable bonds is 4. The maximum Gasteiger partial charge on any atom is 0.317 e. The van der Waals surface area contributed by atoms with Crippen molar-refractivity contribution in [3.8, 4) is 11.4 Å². The number of benzene rings is 1. The summed E-state index contributed by atoms with van der Waals surface area (Å²) in [6.45, 7) is 1.58. The molecule has 0 spiro atoms. The highest BCUT2D eigenvalue weighted by molar-refractivity contribution is 6.30. The van der Waals surface area contributed by atoms with Crippen molar-refractivity contribution in [2.75, 3.05) is 13.1 Å². The summed E-state index contributed by atoms with van der Waals surface area (Å²) in [4.78, 5) is 22.3. The molecule has 3 aromatic rings. The zero-order valence-corrected chi connectivity index (χ0v) is 14.6. The standard InChI is InChI=1S/C18H16ClN5O2/c19-15-3-1-12(2-4-15)9-21-18(25)24-10-14(11-24)17-22-16(23-26-17)13-5-7-20-8-6-13/h1-8,14H,9-11H2,(H,21,25). The molecule has 4 rings (SSSR count). The minimum atomic E-state index is -0.106. The first-order valence-electron chi connectivity index (χ1n) is 8.20. The number of urea groups is 1. The van der Waals surface area contributed by atoms with Gasteiger partial charge in [0.05, 0.1) is 5.92 Å². The van der Waals surface area contributed by atoms with Gasteiger partial charge in [-0.15, -0.1) is 0 Å². The average Bonchev–Trinajstić information content (AvgIpc) is 3.10. The molecule has 0 saturated carbocycles. The molecule has 7 nitrogen and oxygen atoms in total. The van der Waals surface area contributed by atoms with E-state index in [2.05, 4.69) is 20.4 Å². The van der Waals surface area contributed by atoms with Crippen molar-refractivity contribution >= 4 is 17.6 Å². The highest BCUT2D eigenvalue weighted by atomic mass is 35.5. The Morgan fingerprint density at radius 2 is 1.92 bits per heavy atom. The monoisotopic (exact) mass is 369 g/mol. The van der Waals surface area contributed by atoms with Crippen LogP contribution in [0.2, 0.25) is 5.02 Å². The van der Waals surface area contributed by atoms with Crippen LogP contribution in [0.5, 0.6) is 0 Å². The molecule has 0 atom stereocenters. The van der Waals surface area contributed by atoms with Gasteiger partial charge in [-0.3, -0.25) is 4.98 Å². The normalized spacial score (nSPS) is 14.1. The Kier molecular flexibility index (Phi) is 4.53. The molecule has 8 heteroatoms. The number of nitrogens with one attached hydrogen (secondary N) is 1. The maximum absolute atomic E-state index is 12.2. The van der Waals surface area contributed by atoms with Crippen LogP contribution in [0, 0.1) is 0 Å². The highest BCUT2D eigenvalue weighted by Crippen LogP contribution is 2.27. The molecule has 0 aliphatic carbocycles. The van der Waals surface area contributed by atoms with E-state index in [0.29, 0.717) is 36.4 Å². The highest BCUT2D eigenvalue weighted by Gasteiger charge is 2.35. The van der Waals surface area contributed by atoms with E-state index in [4.69, 9.17) is 16.1 Å². The van der Waals surface area contributed by atoms with Crippen molar-refractivity contribution in [1.82, 2.24) is 25.3 Å². The van der Waals surface area contributed by atoms with Crippen molar-refractivity contribution in [3.05, 3.63) is 65.3 Å². The van der Waals surface area contributed by atoms with E-state index in [1.54, 1.807) is 29.4 Å². The number of pyridine rings is 1. The van der Waals surface area contributed by atoms with Gasteiger partial charge in [-0.1, -0.05) is 28.9 Å². The van der Waals surface area contributed by atoms with Gasteiger partial charge in [0.25, 0.3) is 0 Å². The van der Waals surface area contributed by atoms with Gasteiger partial charge >= 0.3 is 6.03 Å². The summed E-state index contributed by atoms with van der Waals surface area (Å²) in [5.41, 5.74) is 1.85. The van der Waals surface area contributed by atoms with E-state index in [1.807, 2.05) is 24.3 Å². The lowest BCUT2D eigenvalue weighted by molar-refractivity contribution is 0.136. The van der Waals surface area contributed by atoms with Crippen molar-refractivity contribution in [2.24, 2.45) is 0 Å². The van der Waals surface area contributed by atoms with Gasteiger partial charge in [-0.05, 0) is 29.8 Å². The first-order chi connectivity index (χ1) is 12.7. The summed E-state index contributed by atoms with van der Waals surface area (Å²) in [5, 5.41) is 7.57. The van der Waals surface area contributed by atoms with Crippen LogP contribution in [0.15, 0.2) is 53.3 Å². The predicted octanol–water partition coefficient (Wildman–Crippen LogP) is 3.09. The third-order valence-corrected chi connectivity index (χ3v) is 4.51. The Morgan fingerprint density at radius 3 is 2.65 bits per heavy atom. The second-order valence-corrected chi connectivity index (χ2v) is 6.52. The molecule has 1 aliphatic heterocycles. The Labute approximate surface area is 155 Å². The van der Waals surface area contributed by atoms with E-state index in [1.165, 1.54) is 0 Å². The lowest BCUT2D eigenvalue weighted by Crippen LogP contribution is -2.52. The summed E-state index contributed by atoms with van der Waals surface area (Å²) in [6.07, 6.45) is 3.36. The fourth-order valence-electron chi connectivity index (χ4n) is 2.71. The first-order valence-corrected chi connectivity index (χ1v) is 8.58. The summed E-state index contributed by atoms with van der Waals surface area (Å²) < 4.78 is 5.34. The second-order valence-electron chi connectivity index (χ2n) is 6.08. The number of amides is 2. The van der Waals surface area contributed by atoms with E-state index in [-0.39, 0.29) is 11.9 Å². The molecule has 132 valence electrons. The molecule has 1 aromatic carbocycles. The lowest BCUT2D eigenvalue weighted by atomic mass is 10.0. The summed E-state index contributed by atoms with van der Waals surface area (Å²) in [7, 11) is 0. The van der Waals surface area contributed by atoms with Crippen LogP contribution in [0.3, 0.4) is 0 Å². The van der Waals surface area contributed by atoms with Crippen molar-refractivity contribution in [2.45, 2.75) is 12.5 Å². The van der Waals surface area contributed by atoms with Crippen molar-refractivity contribution < 1.29 is 9.32 Å². The number of nitrogens with zero attached hydrogens (tertiary/aromatic N) is 4. The second kappa shape index (κ2) is 7.13. The van der Waals surface area contributed by atoms with Crippen LogP contribution in [-0.2, 0) is 6.54 Å². The smallest absolute Gasteiger partial charge is 0.317 e. The van der Waals surface area contributed by atoms with Crippen LogP contribution >= 0.6 is 11.6 Å². The fourth-order valence-corrected chi connectivity index (χ4v) is 2.84. The molecule has 1 fully saturated rings. The predicted molar refractivity (Wildman–Crippen MR) is 95.5 cm³/mol. The third-order valence-electron chi connectivity index (χ3n) is 4.26. The topological polar surface area (TPSA) is 84.2 Å². The molecule has 26 heavy (non-hydrogen) atoms. The van der Waals surface area contributed by atoms with E-state index in [9.17, 15) is 4.79 Å². The summed E-state index contributed by atoms with van der Waals surface area (Å²) in [6, 6.07) is 10.9. The van der Waals surface area contributed by atoms with Crippen molar-refractivity contribution in [3.63, 3.8) is 0 Å². The summed E-state index contributed by atoms with van der Waals surface area (Å²) >= 11 is 5.85. The van der Waals surface area contributed by atoms with E-state index >= 15 is 0 Å². The van der Waals surface area contributed by atoms with Gasteiger partial charge in [-0.25, -0.2) is 4.79 Å². The average molecular weight is 370 g/mol. The minimum Gasteiger partial charge on any atom is -0.339 e. The number of hydrogen-bond acceptors (Lipinski definition) is 5. The SMILES string of the molecule is O=C(NCc1ccc(Cl)cc1)N1CC(c2nc(-c3ccncc3)no2)C1. The molecule has 2 aromatic heterocycles. The molecule has 2 amide bonds. The Morgan fingerprint density at radius 1 is 1.19 bits per heavy atom. The molecular formula is C18H16ClN5O2. The van der Waals surface area contributed by atoms with Gasteiger partial charge in [0.2, 0.25) is 11.7 Å². The van der Waals surface area contributed by atoms with Crippen molar-refractivity contribution in [1.29, 1.82) is 0 Å². The van der Waals surface area contributed by atoms with E-state index in [0.717, 1.165) is 11.1 Å². The van der Waals surface area contributed by atoms with Crippen LogP contribution in [0.4, 0.5) is 4.79 Å². The molecule has 1 saturated heterocycles. The molecule has 0 unspecified atom stereocenters. The number of hydrogen-bond donors (Lipinski definition) is 1. The molecule has 1 aliphatic rings. The Balaban J connectivity index is 1.29.